The summed E-state index contributed by atoms with van der Waals surface area (Å²) in [5.41, 5.74) is 3.32. The van der Waals surface area contributed by atoms with Crippen molar-refractivity contribution in [3.05, 3.63) is 51.6 Å². The number of methoxy groups -OCH3 is 1. The lowest BCUT2D eigenvalue weighted by Gasteiger charge is -2.08. The maximum atomic E-state index is 14.1. The van der Waals surface area contributed by atoms with Crippen LogP contribution in [0.1, 0.15) is 30.7 Å². The maximum Gasteiger partial charge on any atom is 0.307 e. The van der Waals surface area contributed by atoms with Crippen molar-refractivity contribution in [1.29, 1.82) is 0 Å². The van der Waals surface area contributed by atoms with Gasteiger partial charge in [-0.3, -0.25) is 4.79 Å². The lowest BCUT2D eigenvalue weighted by atomic mass is 10.1. The normalized spacial score (nSPS) is 10.4. The molecule has 0 aliphatic rings. The van der Waals surface area contributed by atoms with E-state index in [1.807, 2.05) is 42.2 Å². The molecule has 0 spiro atoms. The van der Waals surface area contributed by atoms with Gasteiger partial charge in [0, 0.05) is 23.7 Å². The summed E-state index contributed by atoms with van der Waals surface area (Å²) >= 11 is 1.60. The summed E-state index contributed by atoms with van der Waals surface area (Å²) in [6, 6.07) is 5.01. The molecule has 0 aliphatic carbocycles. The van der Waals surface area contributed by atoms with Crippen LogP contribution in [0.4, 0.5) is 4.39 Å². The molecule has 0 unspecified atom stereocenters. The van der Waals surface area contributed by atoms with Crippen LogP contribution in [-0.4, -0.2) is 22.8 Å². The number of rotatable bonds is 5. The Kier molecular flexibility index (Phi) is 6.20. The molecule has 2 heterocycles. The van der Waals surface area contributed by atoms with Crippen molar-refractivity contribution in [2.75, 3.05) is 7.11 Å². The zero-order chi connectivity index (χ0) is 18.6. The molecular formula is C19H22FNO3S. The number of carboxylic acid groups (broad SMARTS) is 1. The minimum Gasteiger partial charge on any atom is -0.494 e. The lowest BCUT2D eigenvalue weighted by molar-refractivity contribution is -0.136. The Morgan fingerprint density at radius 3 is 2.64 bits per heavy atom. The van der Waals surface area contributed by atoms with E-state index in [0.717, 1.165) is 16.6 Å². The van der Waals surface area contributed by atoms with Gasteiger partial charge in [0.2, 0.25) is 0 Å². The highest BCUT2D eigenvalue weighted by atomic mass is 32.1. The minimum absolute atomic E-state index is 0.103. The van der Waals surface area contributed by atoms with Crippen molar-refractivity contribution in [1.82, 2.24) is 4.57 Å². The fourth-order valence-corrected chi connectivity index (χ4v) is 3.51. The zero-order valence-electron chi connectivity index (χ0n) is 14.8. The number of thiophene rings is 1. The van der Waals surface area contributed by atoms with E-state index in [1.165, 1.54) is 13.2 Å². The molecule has 0 aliphatic heterocycles. The van der Waals surface area contributed by atoms with Crippen LogP contribution in [0.3, 0.4) is 0 Å². The molecule has 134 valence electrons. The zero-order valence-corrected chi connectivity index (χ0v) is 15.6. The average molecular weight is 363 g/mol. The number of halogens is 1. The largest absolute Gasteiger partial charge is 0.494 e. The number of carboxylic acids is 1. The Morgan fingerprint density at radius 2 is 2.08 bits per heavy atom. The van der Waals surface area contributed by atoms with Crippen molar-refractivity contribution >= 4 is 28.2 Å². The quantitative estimate of drug-likeness (QED) is 0.704. The van der Waals surface area contributed by atoms with E-state index in [0.29, 0.717) is 17.6 Å². The molecule has 25 heavy (non-hydrogen) atoms. The molecular weight excluding hydrogens is 341 g/mol. The van der Waals surface area contributed by atoms with Gasteiger partial charge in [0.25, 0.3) is 0 Å². The Hall–Kier alpha value is -2.34. The van der Waals surface area contributed by atoms with Gasteiger partial charge in [0.05, 0.1) is 19.0 Å². The Balaban J connectivity index is 0.00000109. The number of aliphatic carboxylic acids is 1. The smallest absolute Gasteiger partial charge is 0.307 e. The number of ether oxygens (including phenoxy) is 1. The van der Waals surface area contributed by atoms with Crippen molar-refractivity contribution in [3.8, 4) is 5.75 Å². The molecule has 0 amide bonds. The van der Waals surface area contributed by atoms with Crippen molar-refractivity contribution < 1.29 is 19.0 Å². The van der Waals surface area contributed by atoms with E-state index < -0.39 is 11.8 Å². The molecule has 3 rings (SSSR count). The highest BCUT2D eigenvalue weighted by Gasteiger charge is 2.19. The van der Waals surface area contributed by atoms with Crippen LogP contribution >= 0.6 is 11.3 Å². The molecule has 4 nitrogen and oxygen atoms in total. The van der Waals surface area contributed by atoms with E-state index in [2.05, 4.69) is 0 Å². The number of hydrogen-bond acceptors (Lipinski definition) is 3. The molecule has 0 saturated heterocycles. The number of fused-ring (bicyclic) bond motifs is 1. The summed E-state index contributed by atoms with van der Waals surface area (Å²) in [5, 5.41) is 13.9. The maximum absolute atomic E-state index is 14.1. The monoisotopic (exact) mass is 363 g/mol. The molecule has 0 saturated carbocycles. The van der Waals surface area contributed by atoms with E-state index in [9.17, 15) is 14.3 Å². The molecule has 1 aromatic carbocycles. The predicted molar refractivity (Wildman–Crippen MR) is 99.3 cm³/mol. The molecule has 3 aromatic rings. The average Bonchev–Trinajstić information content (AvgIpc) is 3.19. The molecule has 1 N–H and O–H groups in total. The molecule has 0 radical (unpaired) electrons. The summed E-state index contributed by atoms with van der Waals surface area (Å²) in [6.45, 7) is 6.45. The molecule has 0 fully saturated rings. The van der Waals surface area contributed by atoms with Gasteiger partial charge in [-0.1, -0.05) is 13.8 Å². The lowest BCUT2D eigenvalue weighted by Crippen LogP contribution is -2.04. The standard InChI is InChI=1S/C17H16FNO3S.C2H6/c1-10-12(6-17(20)21)13-5-16(22-2)14(18)7-15(13)19(10)8-11-3-4-23-9-11;1-2/h3-5,7,9H,6,8H2,1-2H3,(H,20,21);1-2H3. The van der Waals surface area contributed by atoms with Crippen molar-refractivity contribution in [2.24, 2.45) is 0 Å². The first-order valence-corrected chi connectivity index (χ1v) is 9.03. The van der Waals surface area contributed by atoms with E-state index >= 15 is 0 Å². The summed E-state index contributed by atoms with van der Waals surface area (Å²) < 4.78 is 21.1. The Bertz CT molecular complexity index is 869. The number of aromatic nitrogens is 1. The molecule has 0 atom stereocenters. The second kappa shape index (κ2) is 8.16. The highest BCUT2D eigenvalue weighted by Crippen LogP contribution is 2.32. The predicted octanol–water partition coefficient (Wildman–Crippen LogP) is 4.86. The second-order valence-electron chi connectivity index (χ2n) is 5.36. The van der Waals surface area contributed by atoms with Crippen molar-refractivity contribution in [2.45, 2.75) is 33.7 Å². The summed E-state index contributed by atoms with van der Waals surface area (Å²) in [7, 11) is 1.40. The highest BCUT2D eigenvalue weighted by molar-refractivity contribution is 7.07. The summed E-state index contributed by atoms with van der Waals surface area (Å²) in [5.74, 6) is -1.24. The van der Waals surface area contributed by atoms with Gasteiger partial charge in [-0.15, -0.1) is 0 Å². The van der Waals surface area contributed by atoms with Crippen LogP contribution in [0.25, 0.3) is 10.9 Å². The van der Waals surface area contributed by atoms with Crippen LogP contribution in [0, 0.1) is 12.7 Å². The summed E-state index contributed by atoms with van der Waals surface area (Å²) in [4.78, 5) is 11.2. The number of nitrogens with zero attached hydrogens (tertiary/aromatic N) is 1. The van der Waals surface area contributed by atoms with Gasteiger partial charge in [0.1, 0.15) is 0 Å². The number of carbonyl (C=O) groups is 1. The van der Waals surface area contributed by atoms with E-state index in [-0.39, 0.29) is 12.2 Å². The first kappa shape index (κ1) is 19.0. The molecule has 0 bridgehead atoms. The van der Waals surface area contributed by atoms with Gasteiger partial charge >= 0.3 is 5.97 Å². The third-order valence-electron chi connectivity index (χ3n) is 3.98. The van der Waals surface area contributed by atoms with E-state index in [4.69, 9.17) is 4.74 Å². The van der Waals surface area contributed by atoms with E-state index in [1.54, 1.807) is 17.4 Å². The van der Waals surface area contributed by atoms with Gasteiger partial charge in [0.15, 0.2) is 11.6 Å². The van der Waals surface area contributed by atoms with Crippen LogP contribution in [0.15, 0.2) is 29.0 Å². The van der Waals surface area contributed by atoms with Gasteiger partial charge in [-0.05, 0) is 40.9 Å². The fraction of sp³-hybridized carbons (Fsp3) is 0.316. The molecule has 6 heteroatoms. The van der Waals surface area contributed by atoms with Crippen molar-refractivity contribution in [3.63, 3.8) is 0 Å². The SMILES string of the molecule is CC.COc1cc2c(CC(=O)O)c(C)n(Cc3ccsc3)c2cc1F. The topological polar surface area (TPSA) is 51.5 Å². The molecule has 2 aromatic heterocycles. The second-order valence-corrected chi connectivity index (χ2v) is 6.14. The van der Waals surface area contributed by atoms with Crippen LogP contribution in [-0.2, 0) is 17.8 Å². The fourth-order valence-electron chi connectivity index (χ4n) is 2.85. The first-order valence-electron chi connectivity index (χ1n) is 8.09. The number of hydrogen-bond donors (Lipinski definition) is 1. The van der Waals surface area contributed by atoms with Gasteiger partial charge < -0.3 is 14.4 Å². The van der Waals surface area contributed by atoms with Gasteiger partial charge in [-0.2, -0.15) is 11.3 Å². The Labute approximate surface area is 150 Å². The third-order valence-corrected chi connectivity index (χ3v) is 4.71. The van der Waals surface area contributed by atoms with Crippen LogP contribution in [0.5, 0.6) is 5.75 Å². The first-order chi connectivity index (χ1) is 12.0. The Morgan fingerprint density at radius 1 is 1.36 bits per heavy atom. The van der Waals surface area contributed by atoms with Crippen LogP contribution < -0.4 is 4.74 Å². The van der Waals surface area contributed by atoms with Crippen LogP contribution in [0.2, 0.25) is 0 Å². The minimum atomic E-state index is -0.911. The summed E-state index contributed by atoms with van der Waals surface area (Å²) in [6.07, 6.45) is -0.103. The number of benzene rings is 1. The third kappa shape index (κ3) is 3.85. The van der Waals surface area contributed by atoms with Gasteiger partial charge in [-0.25, -0.2) is 4.39 Å².